The van der Waals surface area contributed by atoms with Crippen LogP contribution in [0.25, 0.3) is 32.4 Å². The number of carbonyl (C=O) groups excluding carboxylic acids is 1. The van der Waals surface area contributed by atoms with Gasteiger partial charge in [0, 0.05) is 23.0 Å². The van der Waals surface area contributed by atoms with Crippen molar-refractivity contribution < 1.29 is 22.4 Å². The number of nitrogens with zero attached hydrogens (tertiary/aromatic N) is 1. The van der Waals surface area contributed by atoms with Gasteiger partial charge in [-0.25, -0.2) is 8.42 Å². The van der Waals surface area contributed by atoms with Gasteiger partial charge < -0.3 is 9.15 Å². The summed E-state index contributed by atoms with van der Waals surface area (Å²) in [5, 5.41) is 1.71. The first-order valence-electron chi connectivity index (χ1n) is 9.25. The van der Waals surface area contributed by atoms with Gasteiger partial charge in [0.15, 0.2) is 0 Å². The van der Waals surface area contributed by atoms with Crippen LogP contribution in [-0.4, -0.2) is 32.5 Å². The molecule has 1 N–H and O–H groups in total. The summed E-state index contributed by atoms with van der Waals surface area (Å²) in [6.45, 7) is 3.49. The van der Waals surface area contributed by atoms with E-state index in [0.717, 1.165) is 21.2 Å². The molecule has 4 rings (SSSR count). The summed E-state index contributed by atoms with van der Waals surface area (Å²) in [5.74, 6) is -0.902. The molecule has 30 heavy (non-hydrogen) atoms. The third-order valence-corrected chi connectivity index (χ3v) is 7.14. The molecular formula is C21H20N2O5S2. The molecule has 0 aliphatic heterocycles. The lowest BCUT2D eigenvalue weighted by molar-refractivity contribution is -0.143. The highest BCUT2D eigenvalue weighted by Crippen LogP contribution is 2.34. The number of furan rings is 1. The highest BCUT2D eigenvalue weighted by molar-refractivity contribution is 7.89. The maximum Gasteiger partial charge on any atom is 0.324 e. The molecule has 1 atom stereocenters. The number of hydrogen-bond donors (Lipinski definition) is 1. The zero-order valence-corrected chi connectivity index (χ0v) is 18.2. The largest absolute Gasteiger partial charge is 0.468 e. The molecule has 2 heterocycles. The number of benzene rings is 2. The number of ether oxygens (including phenoxy) is 1. The third-order valence-electron chi connectivity index (χ3n) is 4.88. The normalized spacial score (nSPS) is 13.2. The standard InChI is InChI=1S/C21H20N2O5S2/c1-12(2)20(21(24)27-3)23-30(25,26)14-5-7-16-15-6-4-13(19-10-22-11-29-19)8-17(15)28-18(16)9-14/h4-12,20,23H,1-3H3/t20-/m0/s1. The molecule has 0 bridgehead atoms. The number of rotatable bonds is 6. The van der Waals surface area contributed by atoms with Crippen LogP contribution in [-0.2, 0) is 19.6 Å². The Morgan fingerprint density at radius 3 is 2.47 bits per heavy atom. The molecule has 0 aliphatic rings. The summed E-state index contributed by atoms with van der Waals surface area (Å²) in [6.07, 6.45) is 1.79. The fourth-order valence-electron chi connectivity index (χ4n) is 3.25. The van der Waals surface area contributed by atoms with Gasteiger partial charge in [0.05, 0.1) is 22.4 Å². The first-order valence-corrected chi connectivity index (χ1v) is 11.6. The van der Waals surface area contributed by atoms with Gasteiger partial charge in [0.2, 0.25) is 10.0 Å². The molecule has 0 amide bonds. The molecule has 2 aromatic heterocycles. The molecule has 0 fully saturated rings. The second kappa shape index (κ2) is 7.82. The van der Waals surface area contributed by atoms with E-state index in [-0.39, 0.29) is 10.8 Å². The molecule has 4 aromatic rings. The minimum atomic E-state index is -3.95. The topological polar surface area (TPSA) is 98.5 Å². The van der Waals surface area contributed by atoms with Gasteiger partial charge in [0.25, 0.3) is 0 Å². The fraction of sp³-hybridized carbons (Fsp3) is 0.238. The Balaban J connectivity index is 1.73. The Kier molecular flexibility index (Phi) is 5.35. The van der Waals surface area contributed by atoms with Crippen LogP contribution >= 0.6 is 11.3 Å². The Hall–Kier alpha value is -2.75. The number of esters is 1. The maximum absolute atomic E-state index is 12.9. The van der Waals surface area contributed by atoms with Gasteiger partial charge in [-0.05, 0) is 35.7 Å². The zero-order valence-electron chi connectivity index (χ0n) is 16.6. The number of methoxy groups -OCH3 is 1. The van der Waals surface area contributed by atoms with Crippen molar-refractivity contribution in [3.8, 4) is 10.4 Å². The van der Waals surface area contributed by atoms with E-state index in [0.29, 0.717) is 11.2 Å². The van der Waals surface area contributed by atoms with E-state index >= 15 is 0 Å². The van der Waals surface area contributed by atoms with Crippen LogP contribution in [0.15, 0.2) is 57.4 Å². The molecule has 156 valence electrons. The van der Waals surface area contributed by atoms with E-state index in [2.05, 4.69) is 9.71 Å². The lowest BCUT2D eigenvalue weighted by Gasteiger charge is -2.19. The highest BCUT2D eigenvalue weighted by atomic mass is 32.2. The molecule has 0 spiro atoms. The number of thiazole rings is 1. The van der Waals surface area contributed by atoms with Gasteiger partial charge in [-0.15, -0.1) is 11.3 Å². The predicted octanol–water partition coefficient (Wildman–Crippen LogP) is 4.19. The lowest BCUT2D eigenvalue weighted by Crippen LogP contribution is -2.44. The minimum Gasteiger partial charge on any atom is -0.468 e. The molecule has 2 aromatic carbocycles. The van der Waals surface area contributed by atoms with Crippen LogP contribution in [0.3, 0.4) is 0 Å². The van der Waals surface area contributed by atoms with Crippen LogP contribution in [0.2, 0.25) is 0 Å². The first kappa shape index (κ1) is 20.5. The van der Waals surface area contributed by atoms with E-state index in [4.69, 9.17) is 9.15 Å². The number of aromatic nitrogens is 1. The van der Waals surface area contributed by atoms with Crippen LogP contribution in [0.5, 0.6) is 0 Å². The van der Waals surface area contributed by atoms with Crippen molar-refractivity contribution in [2.45, 2.75) is 24.8 Å². The van der Waals surface area contributed by atoms with Crippen molar-refractivity contribution in [3.05, 3.63) is 48.1 Å². The van der Waals surface area contributed by atoms with Gasteiger partial charge in [-0.1, -0.05) is 19.9 Å². The van der Waals surface area contributed by atoms with Crippen molar-refractivity contribution in [2.24, 2.45) is 5.92 Å². The summed E-state index contributed by atoms with van der Waals surface area (Å²) in [5.41, 5.74) is 3.86. The zero-order chi connectivity index (χ0) is 21.5. The van der Waals surface area contributed by atoms with E-state index in [1.54, 1.807) is 31.6 Å². The maximum atomic E-state index is 12.9. The van der Waals surface area contributed by atoms with Gasteiger partial charge in [-0.2, -0.15) is 4.72 Å². The van der Waals surface area contributed by atoms with Crippen molar-refractivity contribution >= 4 is 49.3 Å². The third kappa shape index (κ3) is 3.71. The Morgan fingerprint density at radius 1 is 1.13 bits per heavy atom. The molecule has 0 unspecified atom stereocenters. The number of sulfonamides is 1. The van der Waals surface area contributed by atoms with Crippen LogP contribution in [0.1, 0.15) is 13.8 Å². The quantitative estimate of drug-likeness (QED) is 0.448. The summed E-state index contributed by atoms with van der Waals surface area (Å²) < 4.78 is 38.8. The molecule has 0 aliphatic carbocycles. The first-order chi connectivity index (χ1) is 14.3. The van der Waals surface area contributed by atoms with Crippen LogP contribution in [0.4, 0.5) is 0 Å². The Labute approximate surface area is 177 Å². The van der Waals surface area contributed by atoms with Gasteiger partial charge in [-0.3, -0.25) is 9.78 Å². The number of nitrogens with one attached hydrogen (secondary N) is 1. The van der Waals surface area contributed by atoms with E-state index in [9.17, 15) is 13.2 Å². The smallest absolute Gasteiger partial charge is 0.324 e. The van der Waals surface area contributed by atoms with Gasteiger partial charge >= 0.3 is 5.97 Å². The average molecular weight is 445 g/mol. The number of hydrogen-bond acceptors (Lipinski definition) is 7. The van der Waals surface area contributed by atoms with Crippen molar-refractivity contribution in [3.63, 3.8) is 0 Å². The van der Waals surface area contributed by atoms with Crippen molar-refractivity contribution in [1.29, 1.82) is 0 Å². The van der Waals surface area contributed by atoms with E-state index in [1.165, 1.54) is 30.6 Å². The molecule has 0 saturated carbocycles. The molecule has 7 nitrogen and oxygen atoms in total. The lowest BCUT2D eigenvalue weighted by atomic mass is 10.1. The number of carbonyl (C=O) groups is 1. The summed E-state index contributed by atoms with van der Waals surface area (Å²) in [4.78, 5) is 17.1. The SMILES string of the molecule is COC(=O)[C@@H](NS(=O)(=O)c1ccc2c(c1)oc1cc(-c3cncs3)ccc12)C(C)C. The van der Waals surface area contributed by atoms with Crippen molar-refractivity contribution in [2.75, 3.05) is 7.11 Å². The molecule has 0 saturated heterocycles. The second-order valence-electron chi connectivity index (χ2n) is 7.20. The predicted molar refractivity (Wildman–Crippen MR) is 116 cm³/mol. The van der Waals surface area contributed by atoms with E-state index < -0.39 is 22.0 Å². The van der Waals surface area contributed by atoms with E-state index in [1.807, 2.05) is 18.2 Å². The van der Waals surface area contributed by atoms with Gasteiger partial charge in [0.1, 0.15) is 17.2 Å². The average Bonchev–Trinajstić information content (AvgIpc) is 3.38. The van der Waals surface area contributed by atoms with Crippen molar-refractivity contribution in [1.82, 2.24) is 9.71 Å². The minimum absolute atomic E-state index is 0.0197. The molecular weight excluding hydrogens is 424 g/mol. The fourth-order valence-corrected chi connectivity index (χ4v) is 5.22. The molecule has 0 radical (unpaired) electrons. The summed E-state index contributed by atoms with van der Waals surface area (Å²) in [6, 6.07) is 9.57. The summed E-state index contributed by atoms with van der Waals surface area (Å²) >= 11 is 1.53. The number of fused-ring (bicyclic) bond motifs is 3. The monoisotopic (exact) mass is 444 g/mol. The second-order valence-corrected chi connectivity index (χ2v) is 9.80. The Morgan fingerprint density at radius 2 is 1.83 bits per heavy atom. The highest BCUT2D eigenvalue weighted by Gasteiger charge is 2.29. The molecule has 9 heteroatoms. The Bertz CT molecular complexity index is 1320. The summed E-state index contributed by atoms with van der Waals surface area (Å²) in [7, 11) is -2.72. The van der Waals surface area contributed by atoms with Crippen LogP contribution in [0, 0.1) is 5.92 Å². The van der Waals surface area contributed by atoms with Crippen LogP contribution < -0.4 is 4.72 Å².